The topological polar surface area (TPSA) is 61.2 Å². The molecular weight excluding hydrogens is 228 g/mol. The molecule has 1 aromatic rings. The number of amides is 2. The van der Waals surface area contributed by atoms with Crippen LogP contribution in [0.5, 0.6) is 0 Å². The van der Waals surface area contributed by atoms with E-state index in [4.69, 9.17) is 5.26 Å². The molecule has 0 N–H and O–H groups in total. The van der Waals surface area contributed by atoms with Gasteiger partial charge < -0.3 is 0 Å². The van der Waals surface area contributed by atoms with Crippen LogP contribution in [0.2, 0.25) is 0 Å². The zero-order valence-electron chi connectivity index (χ0n) is 10.1. The van der Waals surface area contributed by atoms with Crippen molar-refractivity contribution in [1.29, 1.82) is 5.26 Å². The molecule has 1 fully saturated rings. The summed E-state index contributed by atoms with van der Waals surface area (Å²) >= 11 is 0. The summed E-state index contributed by atoms with van der Waals surface area (Å²) in [5, 5.41) is 8.70. The molecule has 4 heteroatoms. The molecule has 18 heavy (non-hydrogen) atoms. The first-order valence-corrected chi connectivity index (χ1v) is 6.07. The summed E-state index contributed by atoms with van der Waals surface area (Å²) in [4.78, 5) is 25.3. The molecule has 1 heterocycles. The van der Waals surface area contributed by atoms with E-state index < -0.39 is 0 Å². The van der Waals surface area contributed by atoms with Crippen molar-refractivity contribution < 1.29 is 9.59 Å². The third-order valence-electron chi connectivity index (χ3n) is 3.08. The summed E-state index contributed by atoms with van der Waals surface area (Å²) in [6.45, 7) is 0.498. The molecule has 92 valence electrons. The number of imide groups is 1. The number of hydrogen-bond donors (Lipinski definition) is 0. The number of nitrogens with zero attached hydrogens (tertiary/aromatic N) is 2. The summed E-state index contributed by atoms with van der Waals surface area (Å²) in [5.74, 6) is -0.353. The van der Waals surface area contributed by atoms with Gasteiger partial charge in [0.15, 0.2) is 0 Å². The summed E-state index contributed by atoms with van der Waals surface area (Å²) in [5.41, 5.74) is 0.970. The van der Waals surface area contributed by atoms with Crippen LogP contribution in [0, 0.1) is 11.3 Å². The summed E-state index contributed by atoms with van der Waals surface area (Å²) in [6.07, 6.45) is 3.16. The predicted molar refractivity (Wildman–Crippen MR) is 65.7 cm³/mol. The Bertz CT molecular complexity index is 500. The maximum absolute atomic E-state index is 12.2. The highest BCUT2D eigenvalue weighted by molar-refractivity contribution is 6.04. The van der Waals surface area contributed by atoms with Gasteiger partial charge in [0.1, 0.15) is 0 Å². The first-order chi connectivity index (χ1) is 8.72. The molecule has 0 unspecified atom stereocenters. The number of rotatable bonds is 1. The zero-order chi connectivity index (χ0) is 13.0. The molecule has 0 atom stereocenters. The van der Waals surface area contributed by atoms with Crippen molar-refractivity contribution >= 4 is 11.8 Å². The van der Waals surface area contributed by atoms with E-state index in [-0.39, 0.29) is 11.8 Å². The van der Waals surface area contributed by atoms with Crippen LogP contribution in [0.1, 0.15) is 41.6 Å². The Morgan fingerprint density at radius 3 is 2.56 bits per heavy atom. The Kier molecular flexibility index (Phi) is 3.73. The van der Waals surface area contributed by atoms with E-state index in [2.05, 4.69) is 0 Å². The third kappa shape index (κ3) is 2.57. The monoisotopic (exact) mass is 242 g/mol. The number of carbonyl (C=O) groups is 2. The second kappa shape index (κ2) is 5.46. The van der Waals surface area contributed by atoms with E-state index in [1.807, 2.05) is 6.07 Å². The first-order valence-electron chi connectivity index (χ1n) is 6.07. The fourth-order valence-electron chi connectivity index (χ4n) is 2.04. The van der Waals surface area contributed by atoms with Crippen LogP contribution in [0.15, 0.2) is 24.3 Å². The molecule has 2 amide bonds. The highest BCUT2D eigenvalue weighted by atomic mass is 16.2. The van der Waals surface area contributed by atoms with Crippen LogP contribution in [0.25, 0.3) is 0 Å². The Morgan fingerprint density at radius 2 is 1.89 bits per heavy atom. The van der Waals surface area contributed by atoms with E-state index in [1.54, 1.807) is 24.3 Å². The predicted octanol–water partition coefficient (Wildman–Crippen LogP) is 2.10. The van der Waals surface area contributed by atoms with Gasteiger partial charge in [0, 0.05) is 18.5 Å². The lowest BCUT2D eigenvalue weighted by Gasteiger charge is -2.18. The smallest absolute Gasteiger partial charge is 0.260 e. The van der Waals surface area contributed by atoms with Gasteiger partial charge >= 0.3 is 0 Å². The van der Waals surface area contributed by atoms with Crippen LogP contribution >= 0.6 is 0 Å². The van der Waals surface area contributed by atoms with Crippen molar-refractivity contribution in [3.63, 3.8) is 0 Å². The van der Waals surface area contributed by atoms with Crippen LogP contribution in [0.3, 0.4) is 0 Å². The lowest BCUT2D eigenvalue weighted by atomic mass is 10.1. The number of carbonyl (C=O) groups excluding carboxylic acids is 2. The molecule has 1 aliphatic heterocycles. The van der Waals surface area contributed by atoms with Crippen molar-refractivity contribution in [2.75, 3.05) is 6.54 Å². The fraction of sp³-hybridized carbons (Fsp3) is 0.357. The molecule has 0 spiro atoms. The summed E-state index contributed by atoms with van der Waals surface area (Å²) in [7, 11) is 0. The number of likely N-dealkylation sites (tertiary alicyclic amines) is 1. The Hall–Kier alpha value is -2.15. The van der Waals surface area contributed by atoms with Crippen LogP contribution in [-0.2, 0) is 4.79 Å². The molecule has 1 saturated heterocycles. The van der Waals surface area contributed by atoms with Crippen molar-refractivity contribution in [3.8, 4) is 6.07 Å². The highest BCUT2D eigenvalue weighted by Gasteiger charge is 2.23. The molecule has 0 radical (unpaired) electrons. The van der Waals surface area contributed by atoms with Crippen molar-refractivity contribution in [3.05, 3.63) is 35.4 Å². The second-order valence-electron chi connectivity index (χ2n) is 4.35. The SMILES string of the molecule is N#Cc1ccc(C(=O)N2CCCCCC2=O)cc1. The van der Waals surface area contributed by atoms with E-state index in [0.29, 0.717) is 24.1 Å². The van der Waals surface area contributed by atoms with Gasteiger partial charge in [-0.15, -0.1) is 0 Å². The van der Waals surface area contributed by atoms with E-state index >= 15 is 0 Å². The molecule has 0 aromatic heterocycles. The normalized spacial score (nSPS) is 15.9. The lowest BCUT2D eigenvalue weighted by Crippen LogP contribution is -2.36. The molecule has 4 nitrogen and oxygen atoms in total. The van der Waals surface area contributed by atoms with Crippen molar-refractivity contribution in [1.82, 2.24) is 4.90 Å². The second-order valence-corrected chi connectivity index (χ2v) is 4.35. The molecule has 0 aliphatic carbocycles. The third-order valence-corrected chi connectivity index (χ3v) is 3.08. The fourth-order valence-corrected chi connectivity index (χ4v) is 2.04. The van der Waals surface area contributed by atoms with E-state index in [1.165, 1.54) is 4.90 Å². The van der Waals surface area contributed by atoms with Gasteiger partial charge in [0.05, 0.1) is 11.6 Å². The Balaban J connectivity index is 2.18. The standard InChI is InChI=1S/C14H14N2O2/c15-10-11-5-7-12(8-6-11)14(18)16-9-3-1-2-4-13(16)17/h5-8H,1-4,9H2. The quantitative estimate of drug-likeness (QED) is 0.708. The molecular formula is C14H14N2O2. The Morgan fingerprint density at radius 1 is 1.17 bits per heavy atom. The van der Waals surface area contributed by atoms with Gasteiger partial charge in [-0.25, -0.2) is 0 Å². The maximum atomic E-state index is 12.2. The van der Waals surface area contributed by atoms with E-state index in [0.717, 1.165) is 19.3 Å². The molecule has 0 saturated carbocycles. The minimum atomic E-state index is -0.258. The maximum Gasteiger partial charge on any atom is 0.260 e. The number of nitriles is 1. The molecule has 1 aromatic carbocycles. The minimum absolute atomic E-state index is 0.0955. The molecule has 0 bridgehead atoms. The van der Waals surface area contributed by atoms with Crippen LogP contribution in [0.4, 0.5) is 0 Å². The Labute approximate surface area is 106 Å². The minimum Gasteiger partial charge on any atom is -0.279 e. The van der Waals surface area contributed by atoms with Crippen LogP contribution < -0.4 is 0 Å². The van der Waals surface area contributed by atoms with Gasteiger partial charge in [-0.1, -0.05) is 6.42 Å². The molecule has 1 aliphatic rings. The van der Waals surface area contributed by atoms with Crippen LogP contribution in [-0.4, -0.2) is 23.3 Å². The number of hydrogen-bond acceptors (Lipinski definition) is 3. The van der Waals surface area contributed by atoms with Gasteiger partial charge in [-0.05, 0) is 37.1 Å². The summed E-state index contributed by atoms with van der Waals surface area (Å²) in [6, 6.07) is 8.38. The van der Waals surface area contributed by atoms with Gasteiger partial charge in [-0.3, -0.25) is 14.5 Å². The zero-order valence-corrected chi connectivity index (χ0v) is 10.1. The first kappa shape index (κ1) is 12.3. The lowest BCUT2D eigenvalue weighted by molar-refractivity contribution is -0.128. The van der Waals surface area contributed by atoms with E-state index in [9.17, 15) is 9.59 Å². The number of benzene rings is 1. The van der Waals surface area contributed by atoms with Gasteiger partial charge in [0.2, 0.25) is 5.91 Å². The van der Waals surface area contributed by atoms with Gasteiger partial charge in [0.25, 0.3) is 5.91 Å². The summed E-state index contributed by atoms with van der Waals surface area (Å²) < 4.78 is 0. The molecule has 2 rings (SSSR count). The van der Waals surface area contributed by atoms with Crippen molar-refractivity contribution in [2.24, 2.45) is 0 Å². The highest BCUT2D eigenvalue weighted by Crippen LogP contribution is 2.15. The van der Waals surface area contributed by atoms with Gasteiger partial charge in [-0.2, -0.15) is 5.26 Å². The average molecular weight is 242 g/mol. The van der Waals surface area contributed by atoms with Crippen molar-refractivity contribution in [2.45, 2.75) is 25.7 Å². The largest absolute Gasteiger partial charge is 0.279 e. The average Bonchev–Trinajstić information content (AvgIpc) is 2.63.